The third-order valence-corrected chi connectivity index (χ3v) is 4.42. The summed E-state index contributed by atoms with van der Waals surface area (Å²) in [5.41, 5.74) is 3.55. The molecule has 0 spiro atoms. The van der Waals surface area contributed by atoms with E-state index in [1.54, 1.807) is 42.5 Å². The van der Waals surface area contributed by atoms with Crippen LogP contribution in [0.3, 0.4) is 0 Å². The van der Waals surface area contributed by atoms with Gasteiger partial charge in [-0.2, -0.15) is 5.10 Å². The summed E-state index contributed by atoms with van der Waals surface area (Å²) in [4.78, 5) is 36.2. The van der Waals surface area contributed by atoms with Gasteiger partial charge < -0.3 is 19.5 Å². The lowest BCUT2D eigenvalue weighted by atomic mass is 10.0. The number of hydrogen-bond donors (Lipinski definition) is 2. The molecule has 1 atom stereocenters. The molecule has 2 aromatic carbocycles. The highest BCUT2D eigenvalue weighted by atomic mass is 16.6. The van der Waals surface area contributed by atoms with Crippen molar-refractivity contribution in [3.05, 3.63) is 59.7 Å². The van der Waals surface area contributed by atoms with Gasteiger partial charge in [0.25, 0.3) is 11.8 Å². The highest BCUT2D eigenvalue weighted by molar-refractivity contribution is 5.97. The van der Waals surface area contributed by atoms with E-state index in [-0.39, 0.29) is 18.4 Å². The first-order valence-corrected chi connectivity index (χ1v) is 9.92. The molecule has 2 aromatic rings. The van der Waals surface area contributed by atoms with Crippen LogP contribution in [-0.2, 0) is 14.3 Å². The van der Waals surface area contributed by atoms with Crippen molar-refractivity contribution in [1.29, 1.82) is 0 Å². The number of nitrogens with zero attached hydrogens (tertiary/aromatic N) is 1. The second-order valence-electron chi connectivity index (χ2n) is 7.07. The van der Waals surface area contributed by atoms with Crippen LogP contribution in [0.5, 0.6) is 11.5 Å². The van der Waals surface area contributed by atoms with Gasteiger partial charge in [-0.05, 0) is 41.8 Å². The number of rotatable bonds is 10. The van der Waals surface area contributed by atoms with Crippen LogP contribution >= 0.6 is 0 Å². The van der Waals surface area contributed by atoms with E-state index in [9.17, 15) is 14.4 Å². The van der Waals surface area contributed by atoms with Gasteiger partial charge in [0.15, 0.2) is 18.1 Å². The van der Waals surface area contributed by atoms with Gasteiger partial charge >= 0.3 is 5.97 Å². The molecule has 0 aromatic heterocycles. The Kier molecular flexibility index (Phi) is 9.22. The molecule has 0 bridgehead atoms. The van der Waals surface area contributed by atoms with E-state index in [1.165, 1.54) is 20.4 Å². The molecular formula is C23H27N3O6. The molecule has 9 nitrogen and oxygen atoms in total. The van der Waals surface area contributed by atoms with Crippen molar-refractivity contribution >= 4 is 24.0 Å². The van der Waals surface area contributed by atoms with Gasteiger partial charge in [0, 0.05) is 5.56 Å². The number of hydrogen-bond acceptors (Lipinski definition) is 7. The number of benzene rings is 2. The van der Waals surface area contributed by atoms with E-state index in [4.69, 9.17) is 9.47 Å². The largest absolute Gasteiger partial charge is 0.493 e. The van der Waals surface area contributed by atoms with Gasteiger partial charge in [-0.1, -0.05) is 32.0 Å². The van der Waals surface area contributed by atoms with Gasteiger partial charge in [-0.25, -0.2) is 10.2 Å². The third kappa shape index (κ3) is 7.12. The standard InChI is InChI=1S/C23H27N3O6/c1-15(2)21(25-22(28)17-8-6-5-7-9-17)23(29)26-24-13-16-10-11-18(19(12-16)30-3)32-14-20(27)31-4/h5-13,15,21H,14H2,1-4H3,(H,25,28)(H,26,29)/b24-13+. The van der Waals surface area contributed by atoms with Crippen molar-refractivity contribution in [2.45, 2.75) is 19.9 Å². The van der Waals surface area contributed by atoms with E-state index in [0.717, 1.165) is 0 Å². The molecular weight excluding hydrogens is 414 g/mol. The maximum absolute atomic E-state index is 12.6. The van der Waals surface area contributed by atoms with Gasteiger partial charge in [-0.15, -0.1) is 0 Å². The minimum absolute atomic E-state index is 0.149. The Morgan fingerprint density at radius 2 is 1.75 bits per heavy atom. The highest BCUT2D eigenvalue weighted by Crippen LogP contribution is 2.27. The Morgan fingerprint density at radius 1 is 1.03 bits per heavy atom. The Balaban J connectivity index is 2.00. The number of esters is 1. The first-order chi connectivity index (χ1) is 15.3. The maximum Gasteiger partial charge on any atom is 0.343 e. The summed E-state index contributed by atoms with van der Waals surface area (Å²) in [6, 6.07) is 12.8. The van der Waals surface area contributed by atoms with Gasteiger partial charge in [-0.3, -0.25) is 9.59 Å². The molecule has 2 amide bonds. The van der Waals surface area contributed by atoms with E-state index in [2.05, 4.69) is 20.6 Å². The predicted molar refractivity (Wildman–Crippen MR) is 119 cm³/mol. The van der Waals surface area contributed by atoms with Crippen LogP contribution in [0.15, 0.2) is 53.6 Å². The Morgan fingerprint density at radius 3 is 2.38 bits per heavy atom. The van der Waals surface area contributed by atoms with E-state index < -0.39 is 17.9 Å². The smallest absolute Gasteiger partial charge is 0.343 e. The second kappa shape index (κ2) is 12.1. The zero-order valence-electron chi connectivity index (χ0n) is 18.5. The van der Waals surface area contributed by atoms with Crippen molar-refractivity contribution in [3.63, 3.8) is 0 Å². The van der Waals surface area contributed by atoms with Gasteiger partial charge in [0.1, 0.15) is 6.04 Å². The average Bonchev–Trinajstić information content (AvgIpc) is 2.81. The lowest BCUT2D eigenvalue weighted by Gasteiger charge is -2.20. The molecule has 2 rings (SSSR count). The van der Waals surface area contributed by atoms with Crippen LogP contribution in [-0.4, -0.2) is 50.9 Å². The van der Waals surface area contributed by atoms with Crippen molar-refractivity contribution < 1.29 is 28.6 Å². The minimum atomic E-state index is -0.761. The number of methoxy groups -OCH3 is 2. The zero-order valence-corrected chi connectivity index (χ0v) is 18.5. The lowest BCUT2D eigenvalue weighted by molar-refractivity contribution is -0.142. The normalized spacial score (nSPS) is 11.7. The van der Waals surface area contributed by atoms with Crippen LogP contribution in [0.4, 0.5) is 0 Å². The Hall–Kier alpha value is -3.88. The van der Waals surface area contributed by atoms with Crippen LogP contribution in [0.2, 0.25) is 0 Å². The highest BCUT2D eigenvalue weighted by Gasteiger charge is 2.24. The summed E-state index contributed by atoms with van der Waals surface area (Å²) in [7, 11) is 2.74. The van der Waals surface area contributed by atoms with Gasteiger partial charge in [0.05, 0.1) is 20.4 Å². The molecule has 32 heavy (non-hydrogen) atoms. The monoisotopic (exact) mass is 441 g/mol. The minimum Gasteiger partial charge on any atom is -0.493 e. The van der Waals surface area contributed by atoms with Crippen LogP contribution in [0, 0.1) is 5.92 Å². The quantitative estimate of drug-likeness (QED) is 0.332. The summed E-state index contributed by atoms with van der Waals surface area (Å²) in [6.07, 6.45) is 1.43. The first-order valence-electron chi connectivity index (χ1n) is 9.92. The van der Waals surface area contributed by atoms with Crippen molar-refractivity contribution in [2.75, 3.05) is 20.8 Å². The maximum atomic E-state index is 12.6. The number of nitrogens with one attached hydrogen (secondary N) is 2. The van der Waals surface area contributed by atoms with Crippen molar-refractivity contribution in [1.82, 2.24) is 10.7 Å². The molecule has 0 aliphatic heterocycles. The van der Waals surface area contributed by atoms with Crippen molar-refractivity contribution in [2.24, 2.45) is 11.0 Å². The predicted octanol–water partition coefficient (Wildman–Crippen LogP) is 2.15. The number of carbonyl (C=O) groups excluding carboxylic acids is 3. The fourth-order valence-electron chi connectivity index (χ4n) is 2.67. The van der Waals surface area contributed by atoms with Crippen LogP contribution < -0.4 is 20.2 Å². The van der Waals surface area contributed by atoms with Gasteiger partial charge in [0.2, 0.25) is 0 Å². The fraction of sp³-hybridized carbons (Fsp3) is 0.304. The molecule has 0 fully saturated rings. The second-order valence-corrected chi connectivity index (χ2v) is 7.07. The molecule has 0 saturated heterocycles. The molecule has 170 valence electrons. The molecule has 0 heterocycles. The van der Waals surface area contributed by atoms with Crippen LogP contribution in [0.25, 0.3) is 0 Å². The number of carbonyl (C=O) groups is 3. The van der Waals surface area contributed by atoms with Crippen LogP contribution in [0.1, 0.15) is 29.8 Å². The summed E-state index contributed by atoms with van der Waals surface area (Å²) in [5.74, 6) is -0.688. The average molecular weight is 441 g/mol. The third-order valence-electron chi connectivity index (χ3n) is 4.42. The topological polar surface area (TPSA) is 115 Å². The Labute approximate surface area is 186 Å². The SMILES string of the molecule is COC(=O)COc1ccc(/C=N/NC(=O)C(NC(=O)c2ccccc2)C(C)C)cc1OC. The fourth-order valence-corrected chi connectivity index (χ4v) is 2.67. The molecule has 0 radical (unpaired) electrons. The summed E-state index contributed by atoms with van der Waals surface area (Å²) in [5, 5.41) is 6.71. The zero-order chi connectivity index (χ0) is 23.5. The lowest BCUT2D eigenvalue weighted by Crippen LogP contribution is -2.48. The number of ether oxygens (including phenoxy) is 3. The van der Waals surface area contributed by atoms with Crippen molar-refractivity contribution in [3.8, 4) is 11.5 Å². The molecule has 1 unspecified atom stereocenters. The van der Waals surface area contributed by atoms with E-state index in [0.29, 0.717) is 22.6 Å². The number of hydrazone groups is 1. The molecule has 9 heteroatoms. The number of amides is 2. The summed E-state index contributed by atoms with van der Waals surface area (Å²) >= 11 is 0. The molecule has 0 saturated carbocycles. The Bertz CT molecular complexity index is 959. The first kappa shape index (κ1) is 24.4. The molecule has 0 aliphatic rings. The summed E-state index contributed by atoms with van der Waals surface area (Å²) < 4.78 is 15.2. The molecule has 0 aliphatic carbocycles. The van der Waals surface area contributed by atoms with E-state index >= 15 is 0 Å². The summed E-state index contributed by atoms with van der Waals surface area (Å²) in [6.45, 7) is 3.41. The molecule has 2 N–H and O–H groups in total. The van der Waals surface area contributed by atoms with E-state index in [1.807, 2.05) is 19.9 Å².